The number of nitrogens with zero attached hydrogens (tertiary/aromatic N) is 1. The van der Waals surface area contributed by atoms with E-state index in [-0.39, 0.29) is 6.04 Å². The van der Waals surface area contributed by atoms with E-state index >= 15 is 0 Å². The van der Waals surface area contributed by atoms with Gasteiger partial charge in [0.15, 0.2) is 5.13 Å². The summed E-state index contributed by atoms with van der Waals surface area (Å²) in [6.45, 7) is 6.13. The van der Waals surface area contributed by atoms with Crippen molar-refractivity contribution >= 4 is 26.7 Å². The van der Waals surface area contributed by atoms with Gasteiger partial charge < -0.3 is 9.73 Å². The largest absolute Gasteiger partial charge is 0.464 e. The minimum Gasteiger partial charge on any atom is -0.464 e. The second-order valence-electron chi connectivity index (χ2n) is 4.80. The Bertz CT molecular complexity index is 714. The van der Waals surface area contributed by atoms with Gasteiger partial charge in [-0.15, -0.1) is 0 Å². The van der Waals surface area contributed by atoms with Crippen molar-refractivity contribution < 1.29 is 4.42 Å². The number of hydrogen-bond acceptors (Lipinski definition) is 4. The van der Waals surface area contributed by atoms with Crippen molar-refractivity contribution in [3.63, 3.8) is 0 Å². The molecule has 0 radical (unpaired) electrons. The van der Waals surface area contributed by atoms with Gasteiger partial charge >= 0.3 is 0 Å². The van der Waals surface area contributed by atoms with Crippen LogP contribution in [0.4, 0.5) is 5.13 Å². The summed E-state index contributed by atoms with van der Waals surface area (Å²) < 4.78 is 6.84. The Kier molecular flexibility index (Phi) is 3.03. The molecule has 0 spiro atoms. The average molecular weight is 272 g/mol. The summed E-state index contributed by atoms with van der Waals surface area (Å²) in [4.78, 5) is 4.59. The van der Waals surface area contributed by atoms with E-state index < -0.39 is 0 Å². The summed E-state index contributed by atoms with van der Waals surface area (Å²) >= 11 is 1.68. The van der Waals surface area contributed by atoms with Crippen molar-refractivity contribution in [3.05, 3.63) is 47.4 Å². The first-order valence-electron chi connectivity index (χ1n) is 6.32. The predicted molar refractivity (Wildman–Crippen MR) is 79.8 cm³/mol. The quantitative estimate of drug-likeness (QED) is 0.752. The van der Waals surface area contributed by atoms with Crippen molar-refractivity contribution in [3.8, 4) is 0 Å². The Labute approximate surface area is 116 Å². The average Bonchev–Trinajstić information content (AvgIpc) is 2.94. The van der Waals surface area contributed by atoms with E-state index in [9.17, 15) is 0 Å². The Hall–Kier alpha value is -1.81. The van der Waals surface area contributed by atoms with E-state index in [1.165, 1.54) is 10.3 Å². The fourth-order valence-corrected chi connectivity index (χ4v) is 3.09. The van der Waals surface area contributed by atoms with Crippen LogP contribution in [0.25, 0.3) is 10.2 Å². The van der Waals surface area contributed by atoms with Crippen LogP contribution in [-0.4, -0.2) is 4.98 Å². The number of furan rings is 1. The summed E-state index contributed by atoms with van der Waals surface area (Å²) in [5, 5.41) is 4.33. The van der Waals surface area contributed by atoms with Crippen molar-refractivity contribution in [2.45, 2.75) is 26.8 Å². The van der Waals surface area contributed by atoms with Crippen molar-refractivity contribution in [2.24, 2.45) is 0 Å². The minimum atomic E-state index is 0.121. The molecule has 3 aromatic rings. The maximum Gasteiger partial charge on any atom is 0.184 e. The van der Waals surface area contributed by atoms with Crippen molar-refractivity contribution in [2.75, 3.05) is 5.32 Å². The van der Waals surface area contributed by atoms with Gasteiger partial charge in [0.05, 0.1) is 16.3 Å². The lowest BCUT2D eigenvalue weighted by molar-refractivity contribution is 0.467. The van der Waals surface area contributed by atoms with Gasteiger partial charge in [0.25, 0.3) is 0 Å². The summed E-state index contributed by atoms with van der Waals surface area (Å²) in [6, 6.07) is 10.4. The van der Waals surface area contributed by atoms with Gasteiger partial charge in [-0.25, -0.2) is 4.98 Å². The summed E-state index contributed by atoms with van der Waals surface area (Å²) in [5.74, 6) is 1.87. The van der Waals surface area contributed by atoms with Crippen LogP contribution in [0.3, 0.4) is 0 Å². The number of aromatic nitrogens is 1. The molecule has 2 heterocycles. The lowest BCUT2D eigenvalue weighted by Gasteiger charge is -2.09. The third-order valence-electron chi connectivity index (χ3n) is 3.07. The highest BCUT2D eigenvalue weighted by atomic mass is 32.1. The molecule has 0 saturated carbocycles. The molecule has 0 saturated heterocycles. The molecular weight excluding hydrogens is 256 g/mol. The number of hydrogen-bond donors (Lipinski definition) is 1. The fourth-order valence-electron chi connectivity index (χ4n) is 2.04. The zero-order chi connectivity index (χ0) is 13.4. The van der Waals surface area contributed by atoms with Crippen LogP contribution >= 0.6 is 11.3 Å². The van der Waals surface area contributed by atoms with E-state index in [1.807, 2.05) is 19.1 Å². The standard InChI is InChI=1S/C15H16N2OS/c1-9-4-6-12-14(8-9)19-15(17-12)16-11(3)13-7-5-10(2)18-13/h4-8,11H,1-3H3,(H,16,17). The van der Waals surface area contributed by atoms with Gasteiger partial charge in [-0.3, -0.25) is 0 Å². The third-order valence-corrected chi connectivity index (χ3v) is 4.02. The molecule has 1 N–H and O–H groups in total. The number of rotatable bonds is 3. The molecule has 0 aliphatic heterocycles. The Morgan fingerprint density at radius 2 is 2.05 bits per heavy atom. The van der Waals surface area contributed by atoms with Gasteiger partial charge in [0.1, 0.15) is 11.5 Å². The smallest absolute Gasteiger partial charge is 0.184 e. The van der Waals surface area contributed by atoms with Gasteiger partial charge in [-0.1, -0.05) is 17.4 Å². The van der Waals surface area contributed by atoms with Crippen LogP contribution in [0, 0.1) is 13.8 Å². The van der Waals surface area contributed by atoms with Crippen LogP contribution in [0.2, 0.25) is 0 Å². The fraction of sp³-hybridized carbons (Fsp3) is 0.267. The van der Waals surface area contributed by atoms with Crippen LogP contribution in [0.15, 0.2) is 34.7 Å². The van der Waals surface area contributed by atoms with Gasteiger partial charge in [0.2, 0.25) is 0 Å². The van der Waals surface area contributed by atoms with Crippen molar-refractivity contribution in [1.82, 2.24) is 4.98 Å². The number of anilines is 1. The van der Waals surface area contributed by atoms with E-state index in [0.717, 1.165) is 22.2 Å². The number of thiazole rings is 1. The highest BCUT2D eigenvalue weighted by Gasteiger charge is 2.12. The topological polar surface area (TPSA) is 38.1 Å². The Morgan fingerprint density at radius 3 is 2.79 bits per heavy atom. The monoisotopic (exact) mass is 272 g/mol. The molecule has 0 amide bonds. The highest BCUT2D eigenvalue weighted by Crippen LogP contribution is 2.29. The molecule has 19 heavy (non-hydrogen) atoms. The molecule has 0 aliphatic carbocycles. The molecule has 1 aromatic carbocycles. The maximum atomic E-state index is 5.63. The van der Waals surface area contributed by atoms with Gasteiger partial charge in [-0.05, 0) is 50.6 Å². The summed E-state index contributed by atoms with van der Waals surface area (Å²) in [7, 11) is 0. The molecule has 4 heteroatoms. The van der Waals surface area contributed by atoms with E-state index in [4.69, 9.17) is 4.42 Å². The Morgan fingerprint density at radius 1 is 1.21 bits per heavy atom. The summed E-state index contributed by atoms with van der Waals surface area (Å²) in [6.07, 6.45) is 0. The summed E-state index contributed by atoms with van der Waals surface area (Å²) in [5.41, 5.74) is 2.30. The SMILES string of the molecule is Cc1ccc2nc(NC(C)c3ccc(C)o3)sc2c1. The van der Waals surface area contributed by atoms with Crippen LogP contribution in [0.1, 0.15) is 30.0 Å². The number of fused-ring (bicyclic) bond motifs is 1. The normalized spacial score (nSPS) is 12.8. The number of benzene rings is 1. The maximum absolute atomic E-state index is 5.63. The molecule has 0 fully saturated rings. The van der Waals surface area contributed by atoms with Crippen molar-refractivity contribution in [1.29, 1.82) is 0 Å². The van der Waals surface area contributed by atoms with Crippen LogP contribution in [0.5, 0.6) is 0 Å². The molecule has 2 aromatic heterocycles. The molecule has 1 unspecified atom stereocenters. The highest BCUT2D eigenvalue weighted by molar-refractivity contribution is 7.22. The zero-order valence-corrected chi connectivity index (χ0v) is 12.0. The third kappa shape index (κ3) is 2.49. The zero-order valence-electron chi connectivity index (χ0n) is 11.2. The van der Waals surface area contributed by atoms with E-state index in [1.54, 1.807) is 11.3 Å². The van der Waals surface area contributed by atoms with E-state index in [0.29, 0.717) is 0 Å². The molecule has 0 aliphatic rings. The molecule has 3 nitrogen and oxygen atoms in total. The Balaban J connectivity index is 1.85. The molecule has 0 bridgehead atoms. The lowest BCUT2D eigenvalue weighted by Crippen LogP contribution is -2.04. The van der Waals surface area contributed by atoms with Crippen LogP contribution in [-0.2, 0) is 0 Å². The first-order valence-corrected chi connectivity index (χ1v) is 7.13. The second-order valence-corrected chi connectivity index (χ2v) is 5.84. The second kappa shape index (κ2) is 4.70. The predicted octanol–water partition coefficient (Wildman–Crippen LogP) is 4.68. The van der Waals surface area contributed by atoms with Crippen LogP contribution < -0.4 is 5.32 Å². The van der Waals surface area contributed by atoms with Gasteiger partial charge in [-0.2, -0.15) is 0 Å². The van der Waals surface area contributed by atoms with E-state index in [2.05, 4.69) is 42.3 Å². The molecular formula is C15H16N2OS. The molecule has 98 valence electrons. The molecule has 3 rings (SSSR count). The van der Waals surface area contributed by atoms with Gasteiger partial charge in [0, 0.05) is 0 Å². The molecule has 1 atom stereocenters. The minimum absolute atomic E-state index is 0.121. The number of aryl methyl sites for hydroxylation is 2. The first kappa shape index (κ1) is 12.2. The lowest BCUT2D eigenvalue weighted by atomic mass is 10.2. The first-order chi connectivity index (χ1) is 9.11. The number of nitrogens with one attached hydrogen (secondary N) is 1.